The number of nitrogens with zero attached hydrogens (tertiary/aromatic N) is 2. The molecule has 0 aliphatic heterocycles. The molecule has 2 bridgehead atoms. The van der Waals surface area contributed by atoms with E-state index in [2.05, 4.69) is 74.0 Å². The Hall–Kier alpha value is -2.20. The predicted molar refractivity (Wildman–Crippen MR) is 115 cm³/mol. The summed E-state index contributed by atoms with van der Waals surface area (Å²) in [7, 11) is 0. The van der Waals surface area contributed by atoms with Gasteiger partial charge in [0.25, 0.3) is 0 Å². The Balaban J connectivity index is 1.38. The van der Waals surface area contributed by atoms with Crippen molar-refractivity contribution in [3.05, 3.63) is 47.8 Å². The first kappa shape index (κ1) is 16.9. The van der Waals surface area contributed by atoms with Gasteiger partial charge in [-0.2, -0.15) is 5.10 Å². The first-order valence-corrected chi connectivity index (χ1v) is 10.6. The number of nitrogens with one attached hydrogen (secondary N) is 1. The highest BCUT2D eigenvalue weighted by molar-refractivity contribution is 7.14. The summed E-state index contributed by atoms with van der Waals surface area (Å²) >= 11 is 1.62. The van der Waals surface area contributed by atoms with Gasteiger partial charge in [-0.3, -0.25) is 5.43 Å². The van der Waals surface area contributed by atoms with Gasteiger partial charge in [0, 0.05) is 22.1 Å². The minimum atomic E-state index is 0.225. The summed E-state index contributed by atoms with van der Waals surface area (Å²) in [6.07, 6.45) is 3.72. The number of thiazole rings is 1. The summed E-state index contributed by atoms with van der Waals surface area (Å²) in [5.74, 6) is 0.771. The van der Waals surface area contributed by atoms with E-state index in [1.807, 2.05) is 0 Å². The second-order valence-electron chi connectivity index (χ2n) is 8.76. The molecule has 2 aliphatic rings. The minimum Gasteiger partial charge on any atom is -0.253 e. The van der Waals surface area contributed by atoms with Gasteiger partial charge in [-0.25, -0.2) is 4.98 Å². The molecule has 0 radical (unpaired) electrons. The molecule has 2 atom stereocenters. The zero-order valence-corrected chi connectivity index (χ0v) is 16.9. The maximum absolute atomic E-state index is 4.82. The Bertz CT molecular complexity index is 1050. The van der Waals surface area contributed by atoms with E-state index >= 15 is 0 Å². The second-order valence-corrected chi connectivity index (χ2v) is 9.62. The van der Waals surface area contributed by atoms with Crippen molar-refractivity contribution in [1.29, 1.82) is 0 Å². The van der Waals surface area contributed by atoms with Crippen LogP contribution in [0.15, 0.2) is 52.9 Å². The molecule has 2 saturated carbocycles. The first-order chi connectivity index (χ1) is 13.0. The molecular weight excluding hydrogens is 350 g/mol. The maximum Gasteiger partial charge on any atom is 0.203 e. The molecule has 1 heterocycles. The fourth-order valence-corrected chi connectivity index (χ4v) is 5.68. The van der Waals surface area contributed by atoms with Gasteiger partial charge in [0.2, 0.25) is 5.13 Å². The molecule has 2 aromatic carbocycles. The molecule has 0 spiro atoms. The fourth-order valence-electron chi connectivity index (χ4n) is 5.02. The van der Waals surface area contributed by atoms with E-state index in [1.54, 1.807) is 11.3 Å². The van der Waals surface area contributed by atoms with Crippen molar-refractivity contribution in [2.24, 2.45) is 21.8 Å². The molecule has 0 amide bonds. The Morgan fingerprint density at radius 2 is 1.93 bits per heavy atom. The Morgan fingerprint density at radius 1 is 1.11 bits per heavy atom. The largest absolute Gasteiger partial charge is 0.253 e. The summed E-state index contributed by atoms with van der Waals surface area (Å²) in [5.41, 5.74) is 7.32. The number of benzene rings is 2. The van der Waals surface area contributed by atoms with Gasteiger partial charge < -0.3 is 0 Å². The predicted octanol–water partition coefficient (Wildman–Crippen LogP) is 6.58. The summed E-state index contributed by atoms with van der Waals surface area (Å²) < 4.78 is 0. The third-order valence-corrected chi connectivity index (χ3v) is 8.10. The van der Waals surface area contributed by atoms with Crippen molar-refractivity contribution >= 4 is 33.0 Å². The lowest BCUT2D eigenvalue weighted by molar-refractivity contribution is 0.194. The lowest BCUT2D eigenvalue weighted by Gasteiger charge is -2.34. The molecule has 2 aliphatic carbocycles. The van der Waals surface area contributed by atoms with Crippen molar-refractivity contribution in [2.45, 2.75) is 40.0 Å². The summed E-state index contributed by atoms with van der Waals surface area (Å²) in [5, 5.41) is 10.3. The summed E-state index contributed by atoms with van der Waals surface area (Å²) in [6.45, 7) is 7.21. The summed E-state index contributed by atoms with van der Waals surface area (Å²) in [6, 6.07) is 15.0. The molecule has 3 nitrogen and oxygen atoms in total. The zero-order chi connectivity index (χ0) is 18.6. The third kappa shape index (κ3) is 2.53. The topological polar surface area (TPSA) is 37.3 Å². The van der Waals surface area contributed by atoms with Crippen LogP contribution in [-0.2, 0) is 0 Å². The van der Waals surface area contributed by atoms with E-state index in [1.165, 1.54) is 29.3 Å². The molecule has 5 rings (SSSR count). The average Bonchev–Trinajstić information content (AvgIpc) is 3.28. The Labute approximate surface area is 164 Å². The van der Waals surface area contributed by atoms with Gasteiger partial charge in [0.05, 0.1) is 5.69 Å². The molecular formula is C23H25N3S. The monoisotopic (exact) mass is 375 g/mol. The standard InChI is InChI=1S/C23H25N3S/c1-22(2)18-10-11-23(22,3)20(13-18)25-26-21-24-19(14-27-21)17-9-8-15-6-4-5-7-16(15)12-17/h4-9,12,14,18H,10-11,13H2,1-3H3,(H,24,26)/b25-20-. The van der Waals surface area contributed by atoms with E-state index in [0.717, 1.165) is 28.7 Å². The summed E-state index contributed by atoms with van der Waals surface area (Å²) in [4.78, 5) is 4.77. The Morgan fingerprint density at radius 3 is 2.67 bits per heavy atom. The fraction of sp³-hybridized carbons (Fsp3) is 0.391. The van der Waals surface area contributed by atoms with Crippen LogP contribution in [0.25, 0.3) is 22.0 Å². The number of rotatable bonds is 3. The molecule has 1 aromatic heterocycles. The molecule has 0 saturated heterocycles. The van der Waals surface area contributed by atoms with Crippen LogP contribution >= 0.6 is 11.3 Å². The van der Waals surface area contributed by atoms with Gasteiger partial charge >= 0.3 is 0 Å². The van der Waals surface area contributed by atoms with E-state index in [4.69, 9.17) is 10.1 Å². The van der Waals surface area contributed by atoms with Crippen LogP contribution in [0, 0.1) is 16.7 Å². The number of aromatic nitrogens is 1. The number of hydrazone groups is 1. The number of hydrogen-bond acceptors (Lipinski definition) is 4. The van der Waals surface area contributed by atoms with E-state index < -0.39 is 0 Å². The van der Waals surface area contributed by atoms with Crippen LogP contribution in [0.2, 0.25) is 0 Å². The normalized spacial score (nSPS) is 27.5. The minimum absolute atomic E-state index is 0.225. The number of fused-ring (bicyclic) bond motifs is 3. The van der Waals surface area contributed by atoms with Crippen molar-refractivity contribution in [3.63, 3.8) is 0 Å². The Kier molecular flexibility index (Phi) is 3.70. The van der Waals surface area contributed by atoms with Crippen molar-refractivity contribution < 1.29 is 0 Å². The van der Waals surface area contributed by atoms with Crippen LogP contribution in [0.1, 0.15) is 40.0 Å². The van der Waals surface area contributed by atoms with Gasteiger partial charge in [0.1, 0.15) is 0 Å². The van der Waals surface area contributed by atoms with Crippen LogP contribution < -0.4 is 5.43 Å². The van der Waals surface area contributed by atoms with Crippen molar-refractivity contribution in [1.82, 2.24) is 4.98 Å². The second kappa shape index (κ2) is 5.90. The lowest BCUT2D eigenvalue weighted by atomic mass is 9.70. The van der Waals surface area contributed by atoms with E-state index in [9.17, 15) is 0 Å². The molecule has 27 heavy (non-hydrogen) atoms. The number of anilines is 1. The third-order valence-electron chi connectivity index (χ3n) is 7.35. The maximum atomic E-state index is 4.82. The van der Waals surface area contributed by atoms with Gasteiger partial charge in [-0.1, -0.05) is 57.2 Å². The SMILES string of the molecule is CC12CCC(C/C1=N/Nc1nc(-c3ccc4ccccc4c3)cs1)C2(C)C. The van der Waals surface area contributed by atoms with Gasteiger partial charge in [-0.15, -0.1) is 11.3 Å². The van der Waals surface area contributed by atoms with Crippen molar-refractivity contribution in [3.8, 4) is 11.3 Å². The first-order valence-electron chi connectivity index (χ1n) is 9.75. The zero-order valence-electron chi connectivity index (χ0n) is 16.1. The lowest BCUT2D eigenvalue weighted by Crippen LogP contribution is -2.32. The highest BCUT2D eigenvalue weighted by Crippen LogP contribution is 2.63. The van der Waals surface area contributed by atoms with Crippen LogP contribution in [0.3, 0.4) is 0 Å². The highest BCUT2D eigenvalue weighted by Gasteiger charge is 2.59. The van der Waals surface area contributed by atoms with Crippen LogP contribution in [0.4, 0.5) is 5.13 Å². The average molecular weight is 376 g/mol. The van der Waals surface area contributed by atoms with Gasteiger partial charge in [0.15, 0.2) is 0 Å². The van der Waals surface area contributed by atoms with E-state index in [0.29, 0.717) is 5.41 Å². The van der Waals surface area contributed by atoms with Crippen LogP contribution in [-0.4, -0.2) is 10.7 Å². The highest BCUT2D eigenvalue weighted by atomic mass is 32.1. The van der Waals surface area contributed by atoms with Crippen molar-refractivity contribution in [2.75, 3.05) is 5.43 Å². The molecule has 2 fully saturated rings. The van der Waals surface area contributed by atoms with Gasteiger partial charge in [-0.05, 0) is 47.4 Å². The number of hydrogen-bond donors (Lipinski definition) is 1. The molecule has 2 unspecified atom stereocenters. The smallest absolute Gasteiger partial charge is 0.203 e. The molecule has 138 valence electrons. The molecule has 4 heteroatoms. The molecule has 1 N–H and O–H groups in total. The van der Waals surface area contributed by atoms with Crippen LogP contribution in [0.5, 0.6) is 0 Å². The quantitative estimate of drug-likeness (QED) is 0.525. The van der Waals surface area contributed by atoms with E-state index in [-0.39, 0.29) is 5.41 Å². The molecule has 3 aromatic rings.